The Balaban J connectivity index is 1.89. The number of benzene rings is 2. The summed E-state index contributed by atoms with van der Waals surface area (Å²) in [6.07, 6.45) is 1.84. The molecule has 0 atom stereocenters. The highest BCUT2D eigenvalue weighted by molar-refractivity contribution is 5.82. The van der Waals surface area contributed by atoms with Crippen LogP contribution >= 0.6 is 0 Å². The van der Waals surface area contributed by atoms with E-state index in [1.54, 1.807) is 6.07 Å². The molecule has 0 aliphatic rings. The van der Waals surface area contributed by atoms with E-state index >= 15 is 0 Å². The number of hydrogen-bond donors (Lipinski definition) is 2. The fourth-order valence-corrected chi connectivity index (χ4v) is 2.49. The van der Waals surface area contributed by atoms with E-state index in [-0.39, 0.29) is 0 Å². The van der Waals surface area contributed by atoms with Gasteiger partial charge in [0, 0.05) is 23.8 Å². The third-order valence-corrected chi connectivity index (χ3v) is 3.75. The van der Waals surface area contributed by atoms with Gasteiger partial charge in [0.25, 0.3) is 0 Å². The number of rotatable bonds is 3. The van der Waals surface area contributed by atoms with Crippen LogP contribution in [0.2, 0.25) is 0 Å². The average Bonchev–Trinajstić information content (AvgIpc) is 2.49. The Morgan fingerprint density at radius 2 is 1.86 bits per heavy atom. The quantitative estimate of drug-likeness (QED) is 0.707. The fraction of sp³-hybridized carbons (Fsp3) is 0.167. The first-order valence-corrected chi connectivity index (χ1v) is 7.02. The Morgan fingerprint density at radius 1 is 1.05 bits per heavy atom. The minimum absolute atomic E-state index is 0.340. The number of hydrogen-bond acceptors (Lipinski definition) is 3. The van der Waals surface area contributed by atoms with E-state index in [4.69, 9.17) is 0 Å². The van der Waals surface area contributed by atoms with Crippen LogP contribution in [0.4, 0.5) is 5.69 Å². The van der Waals surface area contributed by atoms with Gasteiger partial charge >= 0.3 is 0 Å². The molecular formula is C18H18N2O. The number of phenolic OH excluding ortho intramolecular Hbond substituents is 1. The Bertz CT molecular complexity index is 791. The molecule has 3 heteroatoms. The molecule has 0 saturated carbocycles. The van der Waals surface area contributed by atoms with Crippen LogP contribution in [0.25, 0.3) is 10.9 Å². The SMILES string of the molecule is Cc1cc(NCc2ccnc3ccccc23)c(C)cc1O. The highest BCUT2D eigenvalue weighted by Crippen LogP contribution is 2.26. The summed E-state index contributed by atoms with van der Waals surface area (Å²) < 4.78 is 0. The largest absolute Gasteiger partial charge is 0.508 e. The molecule has 3 aromatic rings. The van der Waals surface area contributed by atoms with Crippen LogP contribution in [0.15, 0.2) is 48.7 Å². The topological polar surface area (TPSA) is 45.2 Å². The summed E-state index contributed by atoms with van der Waals surface area (Å²) in [5, 5.41) is 14.3. The molecule has 0 aliphatic carbocycles. The lowest BCUT2D eigenvalue weighted by Crippen LogP contribution is -2.02. The van der Waals surface area contributed by atoms with Crippen LogP contribution in [0.3, 0.4) is 0 Å². The number of nitrogens with zero attached hydrogens (tertiary/aromatic N) is 1. The van der Waals surface area contributed by atoms with Crippen LogP contribution in [-0.4, -0.2) is 10.1 Å². The standard InChI is InChI=1S/C18H18N2O/c1-12-10-18(21)13(2)9-17(12)20-11-14-7-8-19-16-6-4-3-5-15(14)16/h3-10,20-21H,11H2,1-2H3. The van der Waals surface area contributed by atoms with Crippen molar-refractivity contribution in [1.29, 1.82) is 0 Å². The summed E-state index contributed by atoms with van der Waals surface area (Å²) in [4.78, 5) is 4.38. The minimum Gasteiger partial charge on any atom is -0.508 e. The molecule has 2 aromatic carbocycles. The van der Waals surface area contributed by atoms with Gasteiger partial charge in [-0.3, -0.25) is 4.98 Å². The van der Waals surface area contributed by atoms with Crippen molar-refractivity contribution in [3.05, 3.63) is 65.4 Å². The molecule has 0 unspecified atom stereocenters. The first-order valence-electron chi connectivity index (χ1n) is 7.02. The summed E-state index contributed by atoms with van der Waals surface area (Å²) in [6.45, 7) is 4.63. The molecule has 3 rings (SSSR count). The second-order valence-corrected chi connectivity index (χ2v) is 5.29. The van der Waals surface area contributed by atoms with Crippen molar-refractivity contribution in [3.8, 4) is 5.75 Å². The molecule has 1 heterocycles. The van der Waals surface area contributed by atoms with Gasteiger partial charge in [-0.1, -0.05) is 18.2 Å². The van der Waals surface area contributed by atoms with Crippen LogP contribution in [-0.2, 0) is 6.54 Å². The Kier molecular flexibility index (Phi) is 3.48. The van der Waals surface area contributed by atoms with Gasteiger partial charge in [0.1, 0.15) is 5.75 Å². The van der Waals surface area contributed by atoms with Gasteiger partial charge in [0.2, 0.25) is 0 Å². The molecule has 0 amide bonds. The zero-order valence-electron chi connectivity index (χ0n) is 12.2. The first-order chi connectivity index (χ1) is 10.1. The van der Waals surface area contributed by atoms with Crippen molar-refractivity contribution in [2.75, 3.05) is 5.32 Å². The van der Waals surface area contributed by atoms with Gasteiger partial charge in [-0.25, -0.2) is 0 Å². The molecule has 106 valence electrons. The van der Waals surface area contributed by atoms with Crippen LogP contribution in [0, 0.1) is 13.8 Å². The summed E-state index contributed by atoms with van der Waals surface area (Å²) in [5.41, 5.74) is 5.19. The Morgan fingerprint density at radius 3 is 2.71 bits per heavy atom. The highest BCUT2D eigenvalue weighted by atomic mass is 16.3. The molecule has 2 N–H and O–H groups in total. The summed E-state index contributed by atoms with van der Waals surface area (Å²) in [5.74, 6) is 0.340. The molecule has 0 spiro atoms. The minimum atomic E-state index is 0.340. The van der Waals surface area contributed by atoms with Crippen molar-refractivity contribution in [2.24, 2.45) is 0 Å². The molecular weight excluding hydrogens is 260 g/mol. The summed E-state index contributed by atoms with van der Waals surface area (Å²) >= 11 is 0. The molecule has 0 bridgehead atoms. The van der Waals surface area contributed by atoms with E-state index in [1.165, 1.54) is 10.9 Å². The van der Waals surface area contributed by atoms with Crippen molar-refractivity contribution < 1.29 is 5.11 Å². The summed E-state index contributed by atoms with van der Waals surface area (Å²) in [7, 11) is 0. The lowest BCUT2D eigenvalue weighted by atomic mass is 10.1. The number of anilines is 1. The van der Waals surface area contributed by atoms with Crippen molar-refractivity contribution in [1.82, 2.24) is 4.98 Å². The Labute approximate surface area is 124 Å². The van der Waals surface area contributed by atoms with Crippen molar-refractivity contribution in [2.45, 2.75) is 20.4 Å². The molecule has 0 fully saturated rings. The lowest BCUT2D eigenvalue weighted by Gasteiger charge is -2.13. The number of para-hydroxylation sites is 1. The predicted molar refractivity (Wildman–Crippen MR) is 86.7 cm³/mol. The van der Waals surface area contributed by atoms with E-state index in [0.717, 1.165) is 28.9 Å². The van der Waals surface area contributed by atoms with Crippen molar-refractivity contribution in [3.63, 3.8) is 0 Å². The molecule has 21 heavy (non-hydrogen) atoms. The maximum Gasteiger partial charge on any atom is 0.118 e. The Hall–Kier alpha value is -2.55. The molecule has 0 saturated heterocycles. The van der Waals surface area contributed by atoms with E-state index in [1.807, 2.05) is 50.4 Å². The van der Waals surface area contributed by atoms with Gasteiger partial charge in [0.05, 0.1) is 5.52 Å². The predicted octanol–water partition coefficient (Wildman–Crippen LogP) is 4.17. The van der Waals surface area contributed by atoms with E-state index in [9.17, 15) is 5.11 Å². The number of phenols is 1. The van der Waals surface area contributed by atoms with E-state index in [0.29, 0.717) is 5.75 Å². The number of nitrogens with one attached hydrogen (secondary N) is 1. The van der Waals surface area contributed by atoms with Crippen LogP contribution in [0.5, 0.6) is 5.75 Å². The van der Waals surface area contributed by atoms with Gasteiger partial charge < -0.3 is 10.4 Å². The fourth-order valence-electron chi connectivity index (χ4n) is 2.49. The molecule has 1 aromatic heterocycles. The second-order valence-electron chi connectivity index (χ2n) is 5.29. The van der Waals surface area contributed by atoms with Gasteiger partial charge in [-0.15, -0.1) is 0 Å². The zero-order valence-corrected chi connectivity index (χ0v) is 12.2. The second kappa shape index (κ2) is 5.44. The van der Waals surface area contributed by atoms with Gasteiger partial charge in [0.15, 0.2) is 0 Å². The van der Waals surface area contributed by atoms with Gasteiger partial charge in [-0.05, 0) is 54.8 Å². The van der Waals surface area contributed by atoms with E-state index < -0.39 is 0 Å². The monoisotopic (exact) mass is 278 g/mol. The third-order valence-electron chi connectivity index (χ3n) is 3.75. The number of aryl methyl sites for hydroxylation is 2. The van der Waals surface area contributed by atoms with Crippen molar-refractivity contribution >= 4 is 16.6 Å². The lowest BCUT2D eigenvalue weighted by molar-refractivity contribution is 0.471. The maximum atomic E-state index is 9.72. The third kappa shape index (κ3) is 2.68. The first kappa shape index (κ1) is 13.4. The average molecular weight is 278 g/mol. The molecule has 0 radical (unpaired) electrons. The summed E-state index contributed by atoms with van der Waals surface area (Å²) in [6, 6.07) is 14.0. The van der Waals surface area contributed by atoms with E-state index in [2.05, 4.69) is 16.4 Å². The van der Waals surface area contributed by atoms with Crippen LogP contribution < -0.4 is 5.32 Å². The number of aromatic hydroxyl groups is 1. The number of fused-ring (bicyclic) bond motifs is 1. The highest BCUT2D eigenvalue weighted by Gasteiger charge is 2.05. The molecule has 3 nitrogen and oxygen atoms in total. The molecule has 0 aliphatic heterocycles. The number of aromatic nitrogens is 1. The smallest absolute Gasteiger partial charge is 0.118 e. The zero-order chi connectivity index (χ0) is 14.8. The van der Waals surface area contributed by atoms with Gasteiger partial charge in [-0.2, -0.15) is 0 Å². The maximum absolute atomic E-state index is 9.72. The van der Waals surface area contributed by atoms with Crippen LogP contribution in [0.1, 0.15) is 16.7 Å². The number of pyridine rings is 1. The normalized spacial score (nSPS) is 10.8.